The first kappa shape index (κ1) is 18.3. The highest BCUT2D eigenvalue weighted by atomic mass is 16.4. The van der Waals surface area contributed by atoms with Crippen molar-refractivity contribution in [3.05, 3.63) is 109 Å². The Balaban J connectivity index is 1.44. The van der Waals surface area contributed by atoms with Crippen molar-refractivity contribution in [1.82, 2.24) is 0 Å². The second-order valence-corrected chi connectivity index (χ2v) is 8.68. The van der Waals surface area contributed by atoms with Gasteiger partial charge in [0.25, 0.3) is 0 Å². The molecule has 0 N–H and O–H groups in total. The average Bonchev–Trinajstić information content (AvgIpc) is 3.42. The van der Waals surface area contributed by atoms with E-state index in [2.05, 4.69) is 104 Å². The Labute approximate surface area is 190 Å². The number of benzene rings is 5. The van der Waals surface area contributed by atoms with E-state index < -0.39 is 0 Å². The van der Waals surface area contributed by atoms with Crippen LogP contribution in [0.3, 0.4) is 0 Å². The van der Waals surface area contributed by atoms with E-state index in [1.165, 1.54) is 16.7 Å². The lowest BCUT2D eigenvalue weighted by Gasteiger charge is -2.02. The van der Waals surface area contributed by atoms with Gasteiger partial charge in [0.15, 0.2) is 11.2 Å². The molecule has 0 radical (unpaired) electrons. The third kappa shape index (κ3) is 2.81. The van der Waals surface area contributed by atoms with Gasteiger partial charge in [-0.25, -0.2) is 0 Å². The second-order valence-electron chi connectivity index (χ2n) is 8.68. The maximum atomic E-state index is 6.41. The summed E-state index contributed by atoms with van der Waals surface area (Å²) < 4.78 is 12.8. The Morgan fingerprint density at radius 1 is 0.424 bits per heavy atom. The quantitative estimate of drug-likeness (QED) is 0.276. The van der Waals surface area contributed by atoms with E-state index in [-0.39, 0.29) is 0 Å². The molecule has 33 heavy (non-hydrogen) atoms. The van der Waals surface area contributed by atoms with Crippen LogP contribution in [-0.2, 0) is 0 Å². The van der Waals surface area contributed by atoms with E-state index >= 15 is 0 Å². The van der Waals surface area contributed by atoms with Gasteiger partial charge in [0.1, 0.15) is 11.2 Å². The fourth-order valence-electron chi connectivity index (χ4n) is 4.88. The molecule has 156 valence electrons. The molecule has 0 saturated carbocycles. The Bertz CT molecular complexity index is 1820. The highest BCUT2D eigenvalue weighted by molar-refractivity contribution is 6.19. The van der Waals surface area contributed by atoms with Crippen LogP contribution in [0.5, 0.6) is 0 Å². The van der Waals surface area contributed by atoms with Crippen molar-refractivity contribution >= 4 is 43.9 Å². The van der Waals surface area contributed by atoms with E-state index in [9.17, 15) is 0 Å². The molecule has 2 heterocycles. The molecule has 0 bridgehead atoms. The number of hydrogen-bond acceptors (Lipinski definition) is 2. The van der Waals surface area contributed by atoms with Gasteiger partial charge in [-0.05, 0) is 65.6 Å². The highest BCUT2D eigenvalue weighted by Crippen LogP contribution is 2.40. The molecule has 0 amide bonds. The Morgan fingerprint density at radius 2 is 0.939 bits per heavy atom. The van der Waals surface area contributed by atoms with E-state index in [0.717, 1.165) is 55.0 Å². The summed E-state index contributed by atoms with van der Waals surface area (Å²) in [6, 6.07) is 36.1. The molecule has 0 unspecified atom stereocenters. The molecule has 0 saturated heterocycles. The molecular formula is C31H20O2. The molecule has 2 heteroatoms. The molecule has 0 spiro atoms. The summed E-state index contributed by atoms with van der Waals surface area (Å²) in [5.41, 5.74) is 9.28. The Hall–Kier alpha value is -4.30. The predicted molar refractivity (Wildman–Crippen MR) is 137 cm³/mol. The smallest absolute Gasteiger partial charge is 0.178 e. The van der Waals surface area contributed by atoms with Gasteiger partial charge in [0, 0.05) is 21.5 Å². The summed E-state index contributed by atoms with van der Waals surface area (Å²) >= 11 is 0. The van der Waals surface area contributed by atoms with Crippen LogP contribution in [0.1, 0.15) is 5.56 Å². The standard InChI is InChI=1S/C31H20O2/c1-19-6-5-9-21(16-19)23-11-13-25-27-15-14-26-24-12-10-22(20-7-3-2-4-8-20)17-28(24)32-30(26)31(27)33-29(25)18-23/h2-18H,1H3. The number of rotatable bonds is 2. The van der Waals surface area contributed by atoms with Crippen LogP contribution in [0.4, 0.5) is 0 Å². The zero-order chi connectivity index (χ0) is 21.9. The van der Waals surface area contributed by atoms with Crippen LogP contribution in [0.2, 0.25) is 0 Å². The average molecular weight is 424 g/mol. The molecule has 0 aliphatic carbocycles. The minimum atomic E-state index is 0.806. The fraction of sp³-hybridized carbons (Fsp3) is 0.0323. The van der Waals surface area contributed by atoms with Crippen molar-refractivity contribution in [2.75, 3.05) is 0 Å². The van der Waals surface area contributed by atoms with E-state index in [4.69, 9.17) is 8.83 Å². The lowest BCUT2D eigenvalue weighted by atomic mass is 10.0. The SMILES string of the molecule is Cc1cccc(-c2ccc3c(c2)oc2c3ccc3c4ccc(-c5ccccc5)cc4oc32)c1. The first-order valence-electron chi connectivity index (χ1n) is 11.2. The van der Waals surface area contributed by atoms with Crippen LogP contribution in [-0.4, -0.2) is 0 Å². The second kappa shape index (κ2) is 6.85. The van der Waals surface area contributed by atoms with Crippen LogP contribution in [0.15, 0.2) is 112 Å². The van der Waals surface area contributed by atoms with E-state index in [0.29, 0.717) is 0 Å². The van der Waals surface area contributed by atoms with Gasteiger partial charge in [0.2, 0.25) is 0 Å². The third-order valence-corrected chi connectivity index (χ3v) is 6.54. The van der Waals surface area contributed by atoms with Gasteiger partial charge in [-0.15, -0.1) is 0 Å². The van der Waals surface area contributed by atoms with Crippen LogP contribution >= 0.6 is 0 Å². The summed E-state index contributed by atoms with van der Waals surface area (Å²) in [6.45, 7) is 2.12. The van der Waals surface area contributed by atoms with E-state index in [1.807, 2.05) is 6.07 Å². The van der Waals surface area contributed by atoms with Crippen molar-refractivity contribution in [3.8, 4) is 22.3 Å². The molecule has 0 atom stereocenters. The summed E-state index contributed by atoms with van der Waals surface area (Å²) in [6.07, 6.45) is 0. The first-order chi connectivity index (χ1) is 16.2. The monoisotopic (exact) mass is 424 g/mol. The van der Waals surface area contributed by atoms with Gasteiger partial charge < -0.3 is 8.83 Å². The molecular weight excluding hydrogens is 404 g/mol. The molecule has 7 aromatic rings. The molecule has 5 aromatic carbocycles. The van der Waals surface area contributed by atoms with Crippen LogP contribution in [0.25, 0.3) is 66.1 Å². The molecule has 0 aliphatic rings. The number of hydrogen-bond donors (Lipinski definition) is 0. The Morgan fingerprint density at radius 3 is 1.55 bits per heavy atom. The van der Waals surface area contributed by atoms with Crippen molar-refractivity contribution in [2.24, 2.45) is 0 Å². The maximum absolute atomic E-state index is 6.41. The summed E-state index contributed by atoms with van der Waals surface area (Å²) in [5, 5.41) is 4.37. The zero-order valence-electron chi connectivity index (χ0n) is 18.1. The fourth-order valence-corrected chi connectivity index (χ4v) is 4.88. The van der Waals surface area contributed by atoms with Gasteiger partial charge in [0.05, 0.1) is 0 Å². The lowest BCUT2D eigenvalue weighted by molar-refractivity contribution is 0.633. The van der Waals surface area contributed by atoms with Gasteiger partial charge in [-0.2, -0.15) is 0 Å². The van der Waals surface area contributed by atoms with Crippen molar-refractivity contribution in [1.29, 1.82) is 0 Å². The van der Waals surface area contributed by atoms with Crippen LogP contribution in [0, 0.1) is 6.92 Å². The van der Waals surface area contributed by atoms with Crippen molar-refractivity contribution < 1.29 is 8.83 Å². The van der Waals surface area contributed by atoms with Crippen LogP contribution < -0.4 is 0 Å². The highest BCUT2D eigenvalue weighted by Gasteiger charge is 2.16. The van der Waals surface area contributed by atoms with Gasteiger partial charge in [-0.3, -0.25) is 0 Å². The normalized spacial score (nSPS) is 11.8. The maximum Gasteiger partial charge on any atom is 0.178 e. The zero-order valence-corrected chi connectivity index (χ0v) is 18.1. The number of furan rings is 2. The summed E-state index contributed by atoms with van der Waals surface area (Å²) in [4.78, 5) is 0. The Kier molecular flexibility index (Phi) is 3.80. The number of aryl methyl sites for hydroxylation is 1. The predicted octanol–water partition coefficient (Wildman–Crippen LogP) is 9.13. The first-order valence-corrected chi connectivity index (χ1v) is 11.2. The molecule has 2 nitrogen and oxygen atoms in total. The lowest BCUT2D eigenvalue weighted by Crippen LogP contribution is -1.79. The van der Waals surface area contributed by atoms with Crippen molar-refractivity contribution in [2.45, 2.75) is 6.92 Å². The topological polar surface area (TPSA) is 26.3 Å². The molecule has 7 rings (SSSR count). The minimum absolute atomic E-state index is 0.806. The van der Waals surface area contributed by atoms with Gasteiger partial charge >= 0.3 is 0 Å². The largest absolute Gasteiger partial charge is 0.452 e. The minimum Gasteiger partial charge on any atom is -0.452 e. The molecule has 0 aliphatic heterocycles. The van der Waals surface area contributed by atoms with Gasteiger partial charge in [-0.1, -0.05) is 72.3 Å². The van der Waals surface area contributed by atoms with Crippen molar-refractivity contribution in [3.63, 3.8) is 0 Å². The summed E-state index contributed by atoms with van der Waals surface area (Å²) in [7, 11) is 0. The third-order valence-electron chi connectivity index (χ3n) is 6.54. The molecule has 2 aromatic heterocycles. The van der Waals surface area contributed by atoms with E-state index in [1.54, 1.807) is 0 Å². The molecule has 0 fully saturated rings. The summed E-state index contributed by atoms with van der Waals surface area (Å²) in [5.74, 6) is 0. The number of fused-ring (bicyclic) bond motifs is 7.